The van der Waals surface area contributed by atoms with Crippen LogP contribution in [0.5, 0.6) is 11.5 Å². The minimum atomic E-state index is 0.894. The maximum atomic E-state index is 6.41. The van der Waals surface area contributed by atoms with Crippen LogP contribution >= 0.6 is 0 Å². The number of hydrogen-bond donors (Lipinski definition) is 0. The summed E-state index contributed by atoms with van der Waals surface area (Å²) in [7, 11) is 0. The Morgan fingerprint density at radius 1 is 0.471 bits per heavy atom. The largest absolute Gasteiger partial charge is 0.456 e. The van der Waals surface area contributed by atoms with Crippen LogP contribution < -0.4 is 4.74 Å². The van der Waals surface area contributed by atoms with E-state index in [1.807, 2.05) is 6.07 Å². The Labute approximate surface area is 195 Å². The first kappa shape index (κ1) is 17.9. The van der Waals surface area contributed by atoms with Crippen molar-refractivity contribution in [2.45, 2.75) is 0 Å². The van der Waals surface area contributed by atoms with Gasteiger partial charge >= 0.3 is 0 Å². The lowest BCUT2D eigenvalue weighted by Crippen LogP contribution is -1.97. The fourth-order valence-electron chi connectivity index (χ4n) is 5.53. The van der Waals surface area contributed by atoms with E-state index in [2.05, 4.69) is 103 Å². The Kier molecular flexibility index (Phi) is 3.42. The number of hydrogen-bond acceptors (Lipinski definition) is 2. The van der Waals surface area contributed by atoms with Gasteiger partial charge in [-0.1, -0.05) is 78.9 Å². The first-order valence-corrected chi connectivity index (χ1v) is 11.5. The molecule has 0 radical (unpaired) electrons. The highest BCUT2D eigenvalue weighted by atomic mass is 16.5. The molecule has 1 aliphatic heterocycles. The zero-order chi connectivity index (χ0) is 22.2. The van der Waals surface area contributed by atoms with Crippen LogP contribution in [0.3, 0.4) is 0 Å². The maximum Gasteiger partial charge on any atom is 0.143 e. The first-order chi connectivity index (χ1) is 16.8. The second kappa shape index (κ2) is 6.49. The van der Waals surface area contributed by atoms with Crippen molar-refractivity contribution in [2.24, 2.45) is 0 Å². The fraction of sp³-hybridized carbons (Fsp3) is 0. The molecule has 0 bridgehead atoms. The highest BCUT2D eigenvalue weighted by Crippen LogP contribution is 2.48. The van der Waals surface area contributed by atoms with Gasteiger partial charge in [0.15, 0.2) is 0 Å². The molecular formula is C32H18O2. The van der Waals surface area contributed by atoms with Gasteiger partial charge < -0.3 is 9.15 Å². The predicted molar refractivity (Wildman–Crippen MR) is 140 cm³/mol. The van der Waals surface area contributed by atoms with Crippen molar-refractivity contribution in [2.75, 3.05) is 0 Å². The molecule has 0 unspecified atom stereocenters. The van der Waals surface area contributed by atoms with Crippen LogP contribution in [0.2, 0.25) is 0 Å². The lowest BCUT2D eigenvalue weighted by atomic mass is 9.91. The van der Waals surface area contributed by atoms with E-state index in [4.69, 9.17) is 9.15 Å². The molecule has 8 rings (SSSR count). The van der Waals surface area contributed by atoms with E-state index in [0.717, 1.165) is 50.0 Å². The predicted octanol–water partition coefficient (Wildman–Crippen LogP) is 9.33. The highest BCUT2D eigenvalue weighted by Gasteiger charge is 2.21. The Bertz CT molecular complexity index is 1940. The summed E-state index contributed by atoms with van der Waals surface area (Å²) in [4.78, 5) is 0. The van der Waals surface area contributed by atoms with Gasteiger partial charge in [0.2, 0.25) is 0 Å². The molecule has 2 heterocycles. The monoisotopic (exact) mass is 434 g/mol. The average molecular weight is 434 g/mol. The van der Waals surface area contributed by atoms with E-state index >= 15 is 0 Å². The van der Waals surface area contributed by atoms with Gasteiger partial charge in [-0.3, -0.25) is 0 Å². The normalized spacial score (nSPS) is 12.4. The van der Waals surface area contributed by atoms with Crippen LogP contribution in [0.4, 0.5) is 0 Å². The van der Waals surface area contributed by atoms with E-state index in [0.29, 0.717) is 0 Å². The summed E-state index contributed by atoms with van der Waals surface area (Å²) in [6.07, 6.45) is 0. The summed E-state index contributed by atoms with van der Waals surface area (Å²) in [5.41, 5.74) is 6.51. The molecule has 7 aromatic rings. The van der Waals surface area contributed by atoms with Crippen molar-refractivity contribution in [1.82, 2.24) is 0 Å². The zero-order valence-electron chi connectivity index (χ0n) is 18.2. The van der Waals surface area contributed by atoms with Gasteiger partial charge in [-0.15, -0.1) is 0 Å². The van der Waals surface area contributed by atoms with Crippen molar-refractivity contribution in [1.29, 1.82) is 0 Å². The molecule has 1 aliphatic rings. The average Bonchev–Trinajstić information content (AvgIpc) is 3.28. The molecule has 158 valence electrons. The fourth-order valence-corrected chi connectivity index (χ4v) is 5.53. The SMILES string of the molecule is c1cc2c3c(cccc3c1)-c1cc(-c3cccc4oc5c6ccccc6ccc5c34)ccc1O2. The third-order valence-electron chi connectivity index (χ3n) is 7.05. The molecule has 0 aliphatic carbocycles. The van der Waals surface area contributed by atoms with Crippen LogP contribution in [-0.2, 0) is 0 Å². The van der Waals surface area contributed by atoms with Crippen LogP contribution in [0, 0.1) is 0 Å². The summed E-state index contributed by atoms with van der Waals surface area (Å²) in [6, 6.07) is 38.3. The minimum Gasteiger partial charge on any atom is -0.456 e. The second-order valence-corrected chi connectivity index (χ2v) is 8.92. The topological polar surface area (TPSA) is 22.4 Å². The molecule has 0 spiro atoms. The van der Waals surface area contributed by atoms with Crippen molar-refractivity contribution in [3.8, 4) is 33.8 Å². The molecule has 0 saturated heterocycles. The molecule has 6 aromatic carbocycles. The number of fused-ring (bicyclic) bond motifs is 7. The molecule has 34 heavy (non-hydrogen) atoms. The second-order valence-electron chi connectivity index (χ2n) is 8.92. The molecule has 0 atom stereocenters. The van der Waals surface area contributed by atoms with Gasteiger partial charge in [0, 0.05) is 27.1 Å². The zero-order valence-corrected chi connectivity index (χ0v) is 18.2. The van der Waals surface area contributed by atoms with E-state index < -0.39 is 0 Å². The molecule has 0 amide bonds. The van der Waals surface area contributed by atoms with Crippen LogP contribution in [0.15, 0.2) is 114 Å². The first-order valence-electron chi connectivity index (χ1n) is 11.5. The highest BCUT2D eigenvalue weighted by molar-refractivity contribution is 6.19. The van der Waals surface area contributed by atoms with E-state index in [1.54, 1.807) is 0 Å². The maximum absolute atomic E-state index is 6.41. The number of benzene rings is 6. The standard InChI is InChI=1S/C32H18O2/c1-2-9-23-19(6-1)14-16-25-31-22(10-5-13-29(31)34-32(23)25)21-15-17-27-26(18-21)24-11-3-7-20-8-4-12-28(33-27)30(20)24/h1-18H. The Morgan fingerprint density at radius 3 is 2.26 bits per heavy atom. The van der Waals surface area contributed by atoms with Crippen molar-refractivity contribution in [3.63, 3.8) is 0 Å². The summed E-state index contributed by atoms with van der Waals surface area (Å²) in [5, 5.41) is 7.00. The Balaban J connectivity index is 1.41. The number of rotatable bonds is 1. The van der Waals surface area contributed by atoms with E-state index in [1.165, 1.54) is 27.3 Å². The Hall–Kier alpha value is -4.56. The third-order valence-corrected chi connectivity index (χ3v) is 7.05. The van der Waals surface area contributed by atoms with Crippen LogP contribution in [-0.4, -0.2) is 0 Å². The summed E-state index contributed by atoms with van der Waals surface area (Å²) in [6.45, 7) is 0. The Morgan fingerprint density at radius 2 is 1.29 bits per heavy atom. The minimum absolute atomic E-state index is 0.894. The molecule has 2 nitrogen and oxygen atoms in total. The van der Waals surface area contributed by atoms with E-state index in [-0.39, 0.29) is 0 Å². The molecule has 0 N–H and O–H groups in total. The van der Waals surface area contributed by atoms with Crippen LogP contribution in [0.25, 0.3) is 65.7 Å². The summed E-state index contributed by atoms with van der Waals surface area (Å²) < 4.78 is 12.7. The van der Waals surface area contributed by atoms with Crippen molar-refractivity contribution >= 4 is 43.5 Å². The number of furan rings is 1. The van der Waals surface area contributed by atoms with Gasteiger partial charge in [-0.2, -0.15) is 0 Å². The quantitative estimate of drug-likeness (QED) is 0.257. The lowest BCUT2D eigenvalue weighted by Gasteiger charge is -2.22. The molecule has 0 fully saturated rings. The van der Waals surface area contributed by atoms with E-state index in [9.17, 15) is 0 Å². The molecule has 0 saturated carbocycles. The van der Waals surface area contributed by atoms with Gasteiger partial charge in [0.05, 0.1) is 0 Å². The number of ether oxygens (including phenoxy) is 1. The third kappa shape index (κ3) is 2.35. The summed E-state index contributed by atoms with van der Waals surface area (Å²) >= 11 is 0. The van der Waals surface area contributed by atoms with Gasteiger partial charge in [0.25, 0.3) is 0 Å². The summed E-state index contributed by atoms with van der Waals surface area (Å²) in [5.74, 6) is 1.81. The lowest BCUT2D eigenvalue weighted by molar-refractivity contribution is 0.487. The molecule has 1 aromatic heterocycles. The van der Waals surface area contributed by atoms with Gasteiger partial charge in [-0.25, -0.2) is 0 Å². The molecule has 2 heteroatoms. The van der Waals surface area contributed by atoms with Crippen molar-refractivity contribution < 1.29 is 9.15 Å². The smallest absolute Gasteiger partial charge is 0.143 e. The van der Waals surface area contributed by atoms with Crippen LogP contribution in [0.1, 0.15) is 0 Å². The van der Waals surface area contributed by atoms with Gasteiger partial charge in [-0.05, 0) is 57.8 Å². The van der Waals surface area contributed by atoms with Crippen molar-refractivity contribution in [3.05, 3.63) is 109 Å². The van der Waals surface area contributed by atoms with Gasteiger partial charge in [0.1, 0.15) is 22.7 Å². The molecular weight excluding hydrogens is 416 g/mol.